The van der Waals surface area contributed by atoms with E-state index in [1.165, 1.54) is 10.5 Å². The van der Waals surface area contributed by atoms with Crippen molar-refractivity contribution < 1.29 is 19.1 Å². The van der Waals surface area contributed by atoms with Gasteiger partial charge in [-0.05, 0) is 78.8 Å². The van der Waals surface area contributed by atoms with Gasteiger partial charge in [-0.2, -0.15) is 0 Å². The number of carbonyl (C=O) groups excluding carboxylic acids is 2. The fourth-order valence-corrected chi connectivity index (χ4v) is 6.63. The molecule has 0 bridgehead atoms. The van der Waals surface area contributed by atoms with Gasteiger partial charge in [-0.1, -0.05) is 41.9 Å². The molecule has 1 spiro atoms. The van der Waals surface area contributed by atoms with E-state index in [9.17, 15) is 9.59 Å². The summed E-state index contributed by atoms with van der Waals surface area (Å²) in [5.41, 5.74) is 3.09. The minimum atomic E-state index is -0.936. The van der Waals surface area contributed by atoms with E-state index in [4.69, 9.17) is 21.1 Å². The number of hydrogen-bond donors (Lipinski definition) is 0. The summed E-state index contributed by atoms with van der Waals surface area (Å²) in [7, 11) is 3.29. The van der Waals surface area contributed by atoms with E-state index < -0.39 is 5.54 Å². The van der Waals surface area contributed by atoms with Crippen LogP contribution in [0.5, 0.6) is 11.5 Å². The Balaban J connectivity index is 1.40. The van der Waals surface area contributed by atoms with Crippen molar-refractivity contribution in [3.8, 4) is 11.5 Å². The largest absolute Gasteiger partial charge is 0.493 e. The molecule has 0 radical (unpaired) electrons. The van der Waals surface area contributed by atoms with Gasteiger partial charge in [0.05, 0.1) is 19.9 Å². The third-order valence-corrected chi connectivity index (χ3v) is 8.80. The van der Waals surface area contributed by atoms with E-state index in [0.29, 0.717) is 48.0 Å². The molecule has 39 heavy (non-hydrogen) atoms. The summed E-state index contributed by atoms with van der Waals surface area (Å²) in [6, 6.07) is 20.9. The standard InChI is InChI=1S/C31H32ClN3O4/c1-38-27-18-22-13-15-33-17-14-31(20-26(33)25(22)19-28(27)39-2)29(36)35(24-10-8-23(32)9-11-24)30(37)34(31)16-12-21-6-4-3-5-7-21/h3-11,18-19,26H,12-17,20H2,1-2H3/t26-,31+/m1/s1. The first-order valence-corrected chi connectivity index (χ1v) is 13.8. The normalized spacial score (nSPS) is 22.7. The predicted molar refractivity (Wildman–Crippen MR) is 151 cm³/mol. The molecule has 3 aliphatic heterocycles. The molecule has 3 heterocycles. The van der Waals surface area contributed by atoms with Crippen LogP contribution in [0.2, 0.25) is 5.02 Å². The quantitative estimate of drug-likeness (QED) is 0.383. The van der Waals surface area contributed by atoms with Gasteiger partial charge in [-0.3, -0.25) is 9.69 Å². The van der Waals surface area contributed by atoms with Crippen molar-refractivity contribution >= 4 is 29.2 Å². The molecule has 7 nitrogen and oxygen atoms in total. The second-order valence-corrected chi connectivity index (χ2v) is 10.9. The molecule has 8 heteroatoms. The zero-order chi connectivity index (χ0) is 27.1. The number of methoxy groups -OCH3 is 2. The Labute approximate surface area is 233 Å². The summed E-state index contributed by atoms with van der Waals surface area (Å²) >= 11 is 6.13. The Kier molecular flexibility index (Phi) is 6.73. The van der Waals surface area contributed by atoms with Crippen LogP contribution >= 0.6 is 11.6 Å². The first kappa shape index (κ1) is 25.7. The topological polar surface area (TPSA) is 62.3 Å². The van der Waals surface area contributed by atoms with Gasteiger partial charge in [-0.15, -0.1) is 0 Å². The Morgan fingerprint density at radius 1 is 0.949 bits per heavy atom. The van der Waals surface area contributed by atoms with Crippen molar-refractivity contribution in [3.05, 3.63) is 88.4 Å². The van der Waals surface area contributed by atoms with E-state index in [1.807, 2.05) is 23.1 Å². The number of ether oxygens (including phenoxy) is 2. The number of imide groups is 1. The smallest absolute Gasteiger partial charge is 0.332 e. The summed E-state index contributed by atoms with van der Waals surface area (Å²) in [6.07, 6.45) is 2.70. The van der Waals surface area contributed by atoms with Gasteiger partial charge in [0, 0.05) is 30.7 Å². The maximum Gasteiger partial charge on any atom is 0.332 e. The van der Waals surface area contributed by atoms with E-state index in [0.717, 1.165) is 30.6 Å². The number of fused-ring (bicyclic) bond motifs is 3. The van der Waals surface area contributed by atoms with Gasteiger partial charge in [-0.25, -0.2) is 9.69 Å². The number of hydrogen-bond acceptors (Lipinski definition) is 5. The molecular weight excluding hydrogens is 514 g/mol. The Morgan fingerprint density at radius 2 is 1.67 bits per heavy atom. The van der Waals surface area contributed by atoms with Crippen molar-refractivity contribution in [2.75, 3.05) is 38.8 Å². The summed E-state index contributed by atoms with van der Waals surface area (Å²) in [5.74, 6) is 1.23. The summed E-state index contributed by atoms with van der Waals surface area (Å²) in [6.45, 7) is 2.09. The lowest BCUT2D eigenvalue weighted by molar-refractivity contribution is -0.129. The first-order chi connectivity index (χ1) is 18.9. The number of urea groups is 1. The number of anilines is 1. The fraction of sp³-hybridized carbons (Fsp3) is 0.355. The lowest BCUT2D eigenvalue weighted by atomic mass is 9.76. The Bertz CT molecular complexity index is 1400. The van der Waals surface area contributed by atoms with Crippen LogP contribution in [-0.2, 0) is 17.6 Å². The lowest BCUT2D eigenvalue weighted by Crippen LogP contribution is -2.58. The van der Waals surface area contributed by atoms with Crippen molar-refractivity contribution in [3.63, 3.8) is 0 Å². The van der Waals surface area contributed by atoms with Gasteiger partial charge >= 0.3 is 6.03 Å². The van der Waals surface area contributed by atoms with Crippen LogP contribution < -0.4 is 14.4 Å². The molecule has 3 aromatic rings. The van der Waals surface area contributed by atoms with Crippen molar-refractivity contribution in [1.82, 2.24) is 9.80 Å². The molecule has 0 saturated carbocycles. The number of halogens is 1. The zero-order valence-electron chi connectivity index (χ0n) is 22.2. The molecular formula is C31H32ClN3O4. The third kappa shape index (κ3) is 4.34. The van der Waals surface area contributed by atoms with Crippen molar-refractivity contribution in [2.45, 2.75) is 37.3 Å². The molecule has 202 valence electrons. The average Bonchev–Trinajstić information content (AvgIpc) is 3.16. The van der Waals surface area contributed by atoms with E-state index in [1.54, 1.807) is 38.5 Å². The molecule has 2 atom stereocenters. The molecule has 0 unspecified atom stereocenters. The number of rotatable bonds is 6. The van der Waals surface area contributed by atoms with Crippen LogP contribution in [0.15, 0.2) is 66.7 Å². The van der Waals surface area contributed by atoms with Gasteiger partial charge in [0.1, 0.15) is 5.54 Å². The Morgan fingerprint density at radius 3 is 2.38 bits per heavy atom. The molecule has 0 N–H and O–H groups in total. The lowest BCUT2D eigenvalue weighted by Gasteiger charge is -2.49. The molecule has 3 aliphatic rings. The van der Waals surface area contributed by atoms with Gasteiger partial charge < -0.3 is 14.4 Å². The predicted octanol–water partition coefficient (Wildman–Crippen LogP) is 5.50. The molecule has 0 aliphatic carbocycles. The second kappa shape index (κ2) is 10.2. The maximum atomic E-state index is 14.4. The van der Waals surface area contributed by atoms with Crippen LogP contribution in [0.1, 0.15) is 35.6 Å². The fourth-order valence-electron chi connectivity index (χ4n) is 6.50. The SMILES string of the molecule is COc1cc2c(cc1OC)[C@H]1C[C@@]3(CCN1CC2)C(=O)N(c1ccc(Cl)cc1)C(=O)N3CCc1ccccc1. The van der Waals surface area contributed by atoms with Gasteiger partial charge in [0.25, 0.3) is 5.91 Å². The Hall–Kier alpha value is -3.55. The van der Waals surface area contributed by atoms with E-state index >= 15 is 0 Å². The number of benzene rings is 3. The number of nitrogens with zero attached hydrogens (tertiary/aromatic N) is 3. The van der Waals surface area contributed by atoms with Crippen LogP contribution in [0, 0.1) is 0 Å². The van der Waals surface area contributed by atoms with Gasteiger partial charge in [0.2, 0.25) is 0 Å². The summed E-state index contributed by atoms with van der Waals surface area (Å²) in [5, 5.41) is 0.560. The highest BCUT2D eigenvalue weighted by Crippen LogP contribution is 2.49. The van der Waals surface area contributed by atoms with E-state index in [-0.39, 0.29) is 18.0 Å². The van der Waals surface area contributed by atoms with Crippen molar-refractivity contribution in [2.24, 2.45) is 0 Å². The maximum absolute atomic E-state index is 14.4. The highest BCUT2D eigenvalue weighted by molar-refractivity contribution is 6.31. The van der Waals surface area contributed by atoms with Crippen LogP contribution in [0.25, 0.3) is 0 Å². The number of amides is 3. The number of carbonyl (C=O) groups is 2. The first-order valence-electron chi connectivity index (χ1n) is 13.4. The third-order valence-electron chi connectivity index (χ3n) is 8.55. The summed E-state index contributed by atoms with van der Waals surface area (Å²) < 4.78 is 11.2. The van der Waals surface area contributed by atoms with Crippen LogP contribution in [0.3, 0.4) is 0 Å². The zero-order valence-corrected chi connectivity index (χ0v) is 23.0. The molecule has 2 saturated heterocycles. The highest BCUT2D eigenvalue weighted by atomic mass is 35.5. The van der Waals surface area contributed by atoms with Gasteiger partial charge in [0.15, 0.2) is 11.5 Å². The van der Waals surface area contributed by atoms with Crippen LogP contribution in [-0.4, -0.2) is 61.1 Å². The molecule has 3 aromatic carbocycles. The summed E-state index contributed by atoms with van der Waals surface area (Å²) in [4.78, 5) is 34.0. The van der Waals surface area contributed by atoms with Crippen molar-refractivity contribution in [1.29, 1.82) is 0 Å². The molecule has 6 rings (SSSR count). The number of piperidine rings is 1. The minimum absolute atomic E-state index is 0.0107. The average molecular weight is 546 g/mol. The highest BCUT2D eigenvalue weighted by Gasteiger charge is 2.60. The minimum Gasteiger partial charge on any atom is -0.493 e. The van der Waals surface area contributed by atoms with Crippen LogP contribution in [0.4, 0.5) is 10.5 Å². The molecule has 2 fully saturated rings. The monoisotopic (exact) mass is 545 g/mol. The van der Waals surface area contributed by atoms with E-state index in [2.05, 4.69) is 29.2 Å². The molecule has 3 amide bonds. The molecule has 0 aromatic heterocycles. The second-order valence-electron chi connectivity index (χ2n) is 10.5.